The number of fused-ring (bicyclic) bond motifs is 2. The van der Waals surface area contributed by atoms with Gasteiger partial charge in [-0.15, -0.1) is 0 Å². The number of rotatable bonds is 3. The van der Waals surface area contributed by atoms with Crippen LogP contribution >= 0.6 is 0 Å². The third-order valence-electron chi connectivity index (χ3n) is 5.36. The molecule has 1 aliphatic heterocycles. The minimum atomic E-state index is -0.471. The molecule has 0 bridgehead atoms. The fourth-order valence-electron chi connectivity index (χ4n) is 3.85. The zero-order valence-corrected chi connectivity index (χ0v) is 16.7. The zero-order chi connectivity index (χ0) is 20.8. The Bertz CT molecular complexity index is 1350. The first-order chi connectivity index (χ1) is 14.5. The smallest absolute Gasteiger partial charge is 0.265 e. The molecule has 5 rings (SSSR count). The number of aryl methyl sites for hydroxylation is 2. The van der Waals surface area contributed by atoms with Crippen molar-refractivity contribution in [1.82, 2.24) is 19.5 Å². The summed E-state index contributed by atoms with van der Waals surface area (Å²) in [6.07, 6.45) is 3.50. The Hall–Kier alpha value is -3.75. The van der Waals surface area contributed by atoms with Crippen LogP contribution in [0.3, 0.4) is 0 Å². The molecule has 152 valence electrons. The maximum absolute atomic E-state index is 13.2. The molecule has 3 aromatic heterocycles. The molecule has 0 radical (unpaired) electrons. The minimum absolute atomic E-state index is 0.144. The molecule has 30 heavy (non-hydrogen) atoms. The van der Waals surface area contributed by atoms with Crippen LogP contribution in [0.4, 0.5) is 11.6 Å². The highest BCUT2D eigenvalue weighted by Crippen LogP contribution is 2.29. The number of hydrogen-bond donors (Lipinski definition) is 1. The molecule has 0 atom stereocenters. The average molecular weight is 404 g/mol. The minimum Gasteiger partial charge on any atom is -0.442 e. The molecule has 0 unspecified atom stereocenters. The monoisotopic (exact) mass is 404 g/mol. The molecule has 0 spiro atoms. The summed E-state index contributed by atoms with van der Waals surface area (Å²) in [6.45, 7) is 3.35. The number of para-hydroxylation sites is 2. The molecule has 9 heteroatoms. The van der Waals surface area contributed by atoms with Crippen LogP contribution in [-0.4, -0.2) is 38.5 Å². The van der Waals surface area contributed by atoms with Gasteiger partial charge in [-0.05, 0) is 31.9 Å². The van der Waals surface area contributed by atoms with E-state index in [1.807, 2.05) is 24.3 Å². The lowest BCUT2D eigenvalue weighted by molar-refractivity contribution is 0.102. The van der Waals surface area contributed by atoms with Crippen molar-refractivity contribution in [2.45, 2.75) is 19.8 Å². The summed E-state index contributed by atoms with van der Waals surface area (Å²) in [5, 5.41) is 3.03. The van der Waals surface area contributed by atoms with Crippen molar-refractivity contribution in [3.05, 3.63) is 52.3 Å². The number of amides is 1. The number of furan rings is 1. The lowest BCUT2D eigenvalue weighted by Gasteiger charge is -2.20. The number of benzene rings is 1. The average Bonchev–Trinajstić information content (AvgIpc) is 3.38. The van der Waals surface area contributed by atoms with Crippen LogP contribution in [0.1, 0.15) is 29.0 Å². The van der Waals surface area contributed by atoms with Gasteiger partial charge < -0.3 is 19.2 Å². The second-order valence-corrected chi connectivity index (χ2v) is 7.41. The Kier molecular flexibility index (Phi) is 4.23. The summed E-state index contributed by atoms with van der Waals surface area (Å²) in [5.41, 5.74) is 1.42. The summed E-state index contributed by atoms with van der Waals surface area (Å²) in [7, 11) is 1.58. The number of hydrogen-bond acceptors (Lipinski definition) is 7. The molecule has 1 aliphatic rings. The first kappa shape index (κ1) is 18.3. The van der Waals surface area contributed by atoms with E-state index < -0.39 is 5.91 Å². The van der Waals surface area contributed by atoms with Gasteiger partial charge >= 0.3 is 0 Å². The lowest BCUT2D eigenvalue weighted by Crippen LogP contribution is -2.24. The van der Waals surface area contributed by atoms with Crippen molar-refractivity contribution in [2.24, 2.45) is 7.05 Å². The summed E-state index contributed by atoms with van der Waals surface area (Å²) >= 11 is 0. The van der Waals surface area contributed by atoms with Crippen molar-refractivity contribution in [3.63, 3.8) is 0 Å². The SMILES string of the molecule is Cc1oc2ncn(C)c(=O)c2c1C(=O)Nc1nc2ccccc2nc1N1CCCC1. The van der Waals surface area contributed by atoms with Crippen LogP contribution in [0.2, 0.25) is 0 Å². The van der Waals surface area contributed by atoms with E-state index >= 15 is 0 Å². The molecule has 1 saturated heterocycles. The predicted molar refractivity (Wildman–Crippen MR) is 113 cm³/mol. The summed E-state index contributed by atoms with van der Waals surface area (Å²) < 4.78 is 6.88. The first-order valence-corrected chi connectivity index (χ1v) is 9.81. The Morgan fingerprint density at radius 2 is 1.83 bits per heavy atom. The number of anilines is 2. The Balaban J connectivity index is 1.62. The van der Waals surface area contributed by atoms with E-state index in [1.54, 1.807) is 14.0 Å². The quantitative estimate of drug-likeness (QED) is 0.559. The van der Waals surface area contributed by atoms with E-state index in [-0.39, 0.29) is 22.2 Å². The van der Waals surface area contributed by atoms with Crippen molar-refractivity contribution >= 4 is 39.7 Å². The van der Waals surface area contributed by atoms with E-state index in [4.69, 9.17) is 9.40 Å². The largest absolute Gasteiger partial charge is 0.442 e. The van der Waals surface area contributed by atoms with Crippen LogP contribution in [0.15, 0.2) is 39.8 Å². The first-order valence-electron chi connectivity index (χ1n) is 9.81. The molecule has 9 nitrogen and oxygen atoms in total. The zero-order valence-electron chi connectivity index (χ0n) is 16.7. The van der Waals surface area contributed by atoms with Gasteiger partial charge in [-0.3, -0.25) is 9.59 Å². The normalized spacial score (nSPS) is 14.0. The number of nitrogens with zero attached hydrogens (tertiary/aromatic N) is 5. The van der Waals surface area contributed by atoms with Gasteiger partial charge in [0.1, 0.15) is 17.5 Å². The van der Waals surface area contributed by atoms with Crippen LogP contribution in [-0.2, 0) is 7.05 Å². The van der Waals surface area contributed by atoms with Gasteiger partial charge in [0, 0.05) is 20.1 Å². The Morgan fingerprint density at radius 3 is 2.57 bits per heavy atom. The van der Waals surface area contributed by atoms with Gasteiger partial charge in [0.15, 0.2) is 11.6 Å². The van der Waals surface area contributed by atoms with E-state index in [0.29, 0.717) is 22.9 Å². The Morgan fingerprint density at radius 1 is 1.13 bits per heavy atom. The number of aromatic nitrogens is 4. The predicted octanol–water partition coefficient (Wildman–Crippen LogP) is 2.63. The van der Waals surface area contributed by atoms with Crippen LogP contribution in [0.5, 0.6) is 0 Å². The highest BCUT2D eigenvalue weighted by Gasteiger charge is 2.26. The van der Waals surface area contributed by atoms with Gasteiger partial charge in [-0.2, -0.15) is 0 Å². The molecule has 1 N–H and O–H groups in total. The van der Waals surface area contributed by atoms with Gasteiger partial charge in [0.25, 0.3) is 11.5 Å². The van der Waals surface area contributed by atoms with Gasteiger partial charge in [-0.1, -0.05) is 12.1 Å². The van der Waals surface area contributed by atoms with Gasteiger partial charge in [0.05, 0.1) is 16.6 Å². The van der Waals surface area contributed by atoms with Crippen molar-refractivity contribution in [1.29, 1.82) is 0 Å². The highest BCUT2D eigenvalue weighted by atomic mass is 16.3. The van der Waals surface area contributed by atoms with Crippen LogP contribution < -0.4 is 15.8 Å². The molecule has 1 amide bonds. The molecule has 1 aromatic carbocycles. The molecular formula is C21H20N6O3. The fourth-order valence-corrected chi connectivity index (χ4v) is 3.85. The molecule has 0 aliphatic carbocycles. The molecule has 0 saturated carbocycles. The number of carbonyl (C=O) groups excluding carboxylic acids is 1. The number of nitrogens with one attached hydrogen (secondary N) is 1. The van der Waals surface area contributed by atoms with Crippen molar-refractivity contribution < 1.29 is 9.21 Å². The third kappa shape index (κ3) is 2.90. The van der Waals surface area contributed by atoms with E-state index in [9.17, 15) is 9.59 Å². The maximum atomic E-state index is 13.2. The summed E-state index contributed by atoms with van der Waals surface area (Å²) in [5.74, 6) is 0.863. The van der Waals surface area contributed by atoms with E-state index in [1.165, 1.54) is 10.9 Å². The fraction of sp³-hybridized carbons (Fsp3) is 0.286. The van der Waals surface area contributed by atoms with Crippen molar-refractivity contribution in [3.8, 4) is 0 Å². The van der Waals surface area contributed by atoms with E-state index in [0.717, 1.165) is 31.4 Å². The molecule has 4 heterocycles. The van der Waals surface area contributed by atoms with Crippen LogP contribution in [0.25, 0.3) is 22.1 Å². The topological polar surface area (TPSA) is 106 Å². The van der Waals surface area contributed by atoms with Gasteiger partial charge in [0.2, 0.25) is 5.71 Å². The standard InChI is InChI=1S/C21H20N6O3/c1-12-15(16-20(30-12)22-11-26(2)21(16)29)19(28)25-17-18(27-9-5-6-10-27)24-14-8-4-3-7-13(14)23-17/h3-4,7-8,11H,5-6,9-10H2,1-2H3,(H,23,25,28). The molecule has 1 fully saturated rings. The maximum Gasteiger partial charge on any atom is 0.265 e. The van der Waals surface area contributed by atoms with E-state index in [2.05, 4.69) is 20.2 Å². The Labute approximate surface area is 171 Å². The highest BCUT2D eigenvalue weighted by molar-refractivity contribution is 6.13. The lowest BCUT2D eigenvalue weighted by atomic mass is 10.2. The second kappa shape index (κ2) is 6.94. The van der Waals surface area contributed by atoms with Crippen LogP contribution in [0, 0.1) is 6.92 Å². The number of carbonyl (C=O) groups is 1. The second-order valence-electron chi connectivity index (χ2n) is 7.41. The molecule has 4 aromatic rings. The summed E-state index contributed by atoms with van der Waals surface area (Å²) in [4.78, 5) is 41.5. The third-order valence-corrected chi connectivity index (χ3v) is 5.36. The summed E-state index contributed by atoms with van der Waals surface area (Å²) in [6, 6.07) is 7.54. The van der Waals surface area contributed by atoms with Crippen molar-refractivity contribution in [2.75, 3.05) is 23.3 Å². The van der Waals surface area contributed by atoms with Gasteiger partial charge in [-0.25, -0.2) is 15.0 Å². The molecular weight excluding hydrogens is 384 g/mol.